The first-order chi connectivity index (χ1) is 26.3. The van der Waals surface area contributed by atoms with Gasteiger partial charge in [0.05, 0.1) is 37.3 Å². The molecule has 0 amide bonds. The Morgan fingerprint density at radius 2 is 1.18 bits per heavy atom. The summed E-state index contributed by atoms with van der Waals surface area (Å²) in [5.74, 6) is -1.18. The summed E-state index contributed by atoms with van der Waals surface area (Å²) in [7, 11) is -7.54. The normalized spacial score (nSPS) is 19.0. The van der Waals surface area contributed by atoms with E-state index in [4.69, 9.17) is 22.8 Å². The maximum Gasteiger partial charge on any atom is 0.308 e. The standard InChI is InChI=1S/C46H76O8Si3/c1-15-29-50-43(49)34-39(53-56(13,14)45(5,6)7)32-37(52-55(11,12)44(2,3)4)30-35-23-22-24-36(51-35)31-38(33-42(47)48)54-57(46(8,9)10,40-25-18-16-19-26-40)41-27-20-17-21-28-41/h15-21,25-28,35-39H,1,22-24,29-34H2,2-14H3,(H,47,48)/t35-,36+,37-,38-,39-/m1/s1. The minimum absolute atomic E-state index is 0.0256. The van der Waals surface area contributed by atoms with Crippen molar-refractivity contribution in [2.45, 2.75) is 186 Å². The zero-order chi connectivity index (χ0) is 42.9. The molecule has 0 radical (unpaired) electrons. The summed E-state index contributed by atoms with van der Waals surface area (Å²) in [5, 5.41) is 12.1. The van der Waals surface area contributed by atoms with Crippen LogP contribution in [0.5, 0.6) is 0 Å². The van der Waals surface area contributed by atoms with E-state index in [9.17, 15) is 14.7 Å². The first kappa shape index (κ1) is 49.0. The Kier molecular flexibility index (Phi) is 17.4. The Morgan fingerprint density at radius 3 is 1.60 bits per heavy atom. The summed E-state index contributed by atoms with van der Waals surface area (Å²) in [6, 6.07) is 20.8. The van der Waals surface area contributed by atoms with E-state index in [0.29, 0.717) is 19.3 Å². The smallest absolute Gasteiger partial charge is 0.308 e. The van der Waals surface area contributed by atoms with Crippen LogP contribution in [0.25, 0.3) is 0 Å². The molecule has 11 heteroatoms. The van der Waals surface area contributed by atoms with E-state index in [0.717, 1.165) is 29.6 Å². The Hall–Kier alpha value is -2.39. The fourth-order valence-electron chi connectivity index (χ4n) is 7.47. The number of benzene rings is 2. The van der Waals surface area contributed by atoms with Crippen LogP contribution in [-0.4, -0.2) is 79.1 Å². The van der Waals surface area contributed by atoms with Crippen LogP contribution in [0, 0.1) is 0 Å². The molecule has 57 heavy (non-hydrogen) atoms. The molecule has 0 bridgehead atoms. The number of aliphatic carboxylic acids is 1. The van der Waals surface area contributed by atoms with E-state index < -0.39 is 37.0 Å². The van der Waals surface area contributed by atoms with Crippen LogP contribution in [0.2, 0.25) is 41.3 Å². The van der Waals surface area contributed by atoms with Crippen LogP contribution < -0.4 is 10.4 Å². The molecule has 1 heterocycles. The predicted molar refractivity (Wildman–Crippen MR) is 241 cm³/mol. The monoisotopic (exact) mass is 840 g/mol. The van der Waals surface area contributed by atoms with Crippen molar-refractivity contribution in [3.63, 3.8) is 0 Å². The summed E-state index contributed by atoms with van der Waals surface area (Å²) in [6.07, 6.45) is 4.55. The van der Waals surface area contributed by atoms with Crippen molar-refractivity contribution in [1.82, 2.24) is 0 Å². The summed E-state index contributed by atoms with van der Waals surface area (Å²) in [5.41, 5.74) is 0. The summed E-state index contributed by atoms with van der Waals surface area (Å²) in [4.78, 5) is 25.6. The number of hydrogen-bond acceptors (Lipinski definition) is 7. The molecule has 1 saturated heterocycles. The van der Waals surface area contributed by atoms with E-state index in [1.54, 1.807) is 6.08 Å². The maximum absolute atomic E-state index is 13.1. The summed E-state index contributed by atoms with van der Waals surface area (Å²) < 4.78 is 34.0. The second-order valence-electron chi connectivity index (χ2n) is 20.2. The lowest BCUT2D eigenvalue weighted by molar-refractivity contribution is -0.144. The average Bonchev–Trinajstić information content (AvgIpc) is 3.08. The van der Waals surface area contributed by atoms with Crippen molar-refractivity contribution in [3.05, 3.63) is 73.3 Å². The van der Waals surface area contributed by atoms with Gasteiger partial charge in [0.25, 0.3) is 8.32 Å². The second-order valence-corrected chi connectivity index (χ2v) is 34.0. The number of carbonyl (C=O) groups excluding carboxylic acids is 1. The molecule has 5 atom stereocenters. The molecule has 320 valence electrons. The molecule has 1 fully saturated rings. The number of carboxylic acid groups (broad SMARTS) is 1. The summed E-state index contributed by atoms with van der Waals surface area (Å²) >= 11 is 0. The molecule has 8 nitrogen and oxygen atoms in total. The van der Waals surface area contributed by atoms with Crippen molar-refractivity contribution in [1.29, 1.82) is 0 Å². The fraction of sp³-hybridized carbons (Fsp3) is 0.652. The topological polar surface area (TPSA) is 101 Å². The highest BCUT2D eigenvalue weighted by Gasteiger charge is 2.52. The van der Waals surface area contributed by atoms with E-state index in [2.05, 4.69) is 119 Å². The van der Waals surface area contributed by atoms with E-state index >= 15 is 0 Å². The van der Waals surface area contributed by atoms with E-state index in [1.165, 1.54) is 0 Å². The molecule has 0 spiro atoms. The highest BCUT2D eigenvalue weighted by atomic mass is 28.4. The SMILES string of the molecule is C=CCOC(=O)C[C@@H](C[C@@H](C[C@H]1CCC[C@@H](C[C@H](CC(=O)O)O[Si](c2ccccc2)(c2ccccc2)C(C)(C)C)O1)O[Si](C)(C)C(C)(C)C)O[Si](C)(C)C(C)(C)C. The molecule has 2 aromatic carbocycles. The largest absolute Gasteiger partial charge is 0.481 e. The molecule has 1 aliphatic rings. The van der Waals surface area contributed by atoms with Crippen LogP contribution in [0.3, 0.4) is 0 Å². The Bertz CT molecular complexity index is 1520. The zero-order valence-electron chi connectivity index (χ0n) is 37.6. The van der Waals surface area contributed by atoms with Crippen molar-refractivity contribution < 1.29 is 37.4 Å². The Balaban J connectivity index is 1.96. The minimum Gasteiger partial charge on any atom is -0.481 e. The molecule has 3 rings (SSSR count). The fourth-order valence-corrected chi connectivity index (χ4v) is 14.9. The number of carboxylic acids is 1. The van der Waals surface area contributed by atoms with Gasteiger partial charge in [-0.15, -0.1) is 0 Å². The molecule has 0 saturated carbocycles. The van der Waals surface area contributed by atoms with Gasteiger partial charge in [-0.3, -0.25) is 9.59 Å². The van der Waals surface area contributed by atoms with Gasteiger partial charge in [0.2, 0.25) is 0 Å². The van der Waals surface area contributed by atoms with Gasteiger partial charge in [-0.05, 0) is 90.2 Å². The van der Waals surface area contributed by atoms with Gasteiger partial charge < -0.3 is 27.9 Å². The summed E-state index contributed by atoms with van der Waals surface area (Å²) in [6.45, 7) is 32.9. The number of hydrogen-bond donors (Lipinski definition) is 1. The first-order valence-electron chi connectivity index (χ1n) is 21.1. The molecule has 1 aliphatic heterocycles. The molecule has 1 N–H and O–H groups in total. The van der Waals surface area contributed by atoms with Gasteiger partial charge >= 0.3 is 11.9 Å². The van der Waals surface area contributed by atoms with Gasteiger partial charge in [-0.2, -0.15) is 0 Å². The van der Waals surface area contributed by atoms with E-state index in [1.807, 2.05) is 36.4 Å². The third kappa shape index (κ3) is 13.8. The first-order valence-corrected chi connectivity index (χ1v) is 28.8. The Labute approximate surface area is 348 Å². The molecule has 0 aromatic heterocycles. The minimum atomic E-state index is -3.01. The van der Waals surface area contributed by atoms with Crippen LogP contribution >= 0.6 is 0 Å². The van der Waals surface area contributed by atoms with Crippen molar-refractivity contribution >= 4 is 47.3 Å². The van der Waals surface area contributed by atoms with Gasteiger partial charge in [0.1, 0.15) is 6.61 Å². The van der Waals surface area contributed by atoms with E-state index in [-0.39, 0.29) is 64.9 Å². The van der Waals surface area contributed by atoms with Crippen LogP contribution in [0.15, 0.2) is 73.3 Å². The Morgan fingerprint density at radius 1 is 0.719 bits per heavy atom. The van der Waals surface area contributed by atoms with Crippen LogP contribution in [-0.2, 0) is 32.3 Å². The number of carbonyl (C=O) groups is 2. The highest BCUT2D eigenvalue weighted by Crippen LogP contribution is 2.42. The highest BCUT2D eigenvalue weighted by molar-refractivity contribution is 6.99. The molecule has 2 aromatic rings. The van der Waals surface area contributed by atoms with Crippen molar-refractivity contribution in [3.8, 4) is 0 Å². The quantitative estimate of drug-likeness (QED) is 0.0799. The van der Waals surface area contributed by atoms with Gasteiger partial charge in [-0.1, -0.05) is 136 Å². The van der Waals surface area contributed by atoms with Gasteiger partial charge in [0.15, 0.2) is 16.6 Å². The maximum atomic E-state index is 13.1. The van der Waals surface area contributed by atoms with Gasteiger partial charge in [-0.25, -0.2) is 0 Å². The lowest BCUT2D eigenvalue weighted by Gasteiger charge is -2.46. The van der Waals surface area contributed by atoms with Crippen LogP contribution in [0.4, 0.5) is 0 Å². The predicted octanol–water partition coefficient (Wildman–Crippen LogP) is 10.4. The lowest BCUT2D eigenvalue weighted by atomic mass is 9.94. The van der Waals surface area contributed by atoms with Gasteiger partial charge in [0, 0.05) is 6.10 Å². The third-order valence-corrected chi connectivity index (χ3v) is 26.6. The molecular formula is C46H76O8Si3. The molecular weight excluding hydrogens is 765 g/mol. The average molecular weight is 841 g/mol. The zero-order valence-corrected chi connectivity index (χ0v) is 40.6. The molecule has 0 aliphatic carbocycles. The number of esters is 1. The van der Waals surface area contributed by atoms with Crippen molar-refractivity contribution in [2.75, 3.05) is 6.61 Å². The number of rotatable bonds is 20. The third-order valence-electron chi connectivity index (χ3n) is 12.5. The lowest BCUT2D eigenvalue weighted by Crippen LogP contribution is -2.68. The van der Waals surface area contributed by atoms with Crippen molar-refractivity contribution in [2.24, 2.45) is 0 Å². The molecule has 0 unspecified atom stereocenters. The van der Waals surface area contributed by atoms with Crippen LogP contribution in [0.1, 0.15) is 114 Å². The number of ether oxygens (including phenoxy) is 2. The second kappa shape index (κ2) is 20.2.